The fraction of sp³-hybridized carbons (Fsp3) is 0.562. The molecule has 0 radical (unpaired) electrons. The monoisotopic (exact) mass is 296 g/mol. The van der Waals surface area contributed by atoms with Gasteiger partial charge in [0.2, 0.25) is 0 Å². The summed E-state index contributed by atoms with van der Waals surface area (Å²) in [5, 5.41) is 3.08. The Bertz CT molecular complexity index is 478. The molecular formula is C16H25FN2O2. The SMILES string of the molecule is CCCCC(CC)CNc1cc(C(=O)OC)c(N)cc1F. The first-order valence-electron chi connectivity index (χ1n) is 7.44. The molecule has 0 amide bonds. The van der Waals surface area contributed by atoms with Gasteiger partial charge in [-0.05, 0) is 24.5 Å². The van der Waals surface area contributed by atoms with E-state index in [0.717, 1.165) is 31.7 Å². The van der Waals surface area contributed by atoms with Gasteiger partial charge in [-0.15, -0.1) is 0 Å². The standard InChI is InChI=1S/C16H25FN2O2/c1-4-6-7-11(5-2)10-19-15-8-12(16(20)21-3)14(18)9-13(15)17/h8-9,11,19H,4-7,10,18H2,1-3H3. The molecule has 4 nitrogen and oxygen atoms in total. The lowest BCUT2D eigenvalue weighted by Crippen LogP contribution is -2.15. The van der Waals surface area contributed by atoms with Crippen LogP contribution in [0.2, 0.25) is 0 Å². The summed E-state index contributed by atoms with van der Waals surface area (Å²) < 4.78 is 18.6. The second-order valence-electron chi connectivity index (χ2n) is 5.21. The Balaban J connectivity index is 2.80. The number of unbranched alkanes of at least 4 members (excludes halogenated alkanes) is 1. The molecule has 0 heterocycles. The van der Waals surface area contributed by atoms with Crippen molar-refractivity contribution in [3.8, 4) is 0 Å². The summed E-state index contributed by atoms with van der Waals surface area (Å²) in [7, 11) is 1.27. The highest BCUT2D eigenvalue weighted by Gasteiger charge is 2.15. The molecule has 0 aliphatic rings. The average Bonchev–Trinajstić information content (AvgIpc) is 2.48. The molecule has 0 aliphatic carbocycles. The number of carbonyl (C=O) groups is 1. The summed E-state index contributed by atoms with van der Waals surface area (Å²) in [6.07, 6.45) is 4.46. The van der Waals surface area contributed by atoms with Gasteiger partial charge < -0.3 is 15.8 Å². The number of ether oxygens (including phenoxy) is 1. The first-order chi connectivity index (χ1) is 10.0. The Labute approximate surface area is 125 Å². The maximum Gasteiger partial charge on any atom is 0.340 e. The van der Waals surface area contributed by atoms with E-state index in [-0.39, 0.29) is 11.3 Å². The smallest absolute Gasteiger partial charge is 0.340 e. The highest BCUT2D eigenvalue weighted by Crippen LogP contribution is 2.24. The average molecular weight is 296 g/mol. The van der Waals surface area contributed by atoms with Crippen molar-refractivity contribution in [3.05, 3.63) is 23.5 Å². The number of nitrogens with two attached hydrogens (primary N) is 1. The van der Waals surface area contributed by atoms with Crippen molar-refractivity contribution in [3.63, 3.8) is 0 Å². The van der Waals surface area contributed by atoms with Gasteiger partial charge in [0.1, 0.15) is 5.82 Å². The van der Waals surface area contributed by atoms with Crippen molar-refractivity contribution in [2.75, 3.05) is 24.7 Å². The van der Waals surface area contributed by atoms with E-state index in [0.29, 0.717) is 18.2 Å². The summed E-state index contributed by atoms with van der Waals surface area (Å²) in [6.45, 7) is 4.96. The summed E-state index contributed by atoms with van der Waals surface area (Å²) in [5.74, 6) is -0.525. The number of halogens is 1. The summed E-state index contributed by atoms with van der Waals surface area (Å²) in [4.78, 5) is 11.6. The van der Waals surface area contributed by atoms with E-state index in [2.05, 4.69) is 23.9 Å². The predicted octanol–water partition coefficient (Wildman–Crippen LogP) is 3.82. The maximum atomic E-state index is 13.9. The van der Waals surface area contributed by atoms with Gasteiger partial charge in [0.05, 0.1) is 18.4 Å². The molecule has 0 aromatic heterocycles. The maximum absolute atomic E-state index is 13.9. The largest absolute Gasteiger partial charge is 0.465 e. The van der Waals surface area contributed by atoms with Crippen molar-refractivity contribution < 1.29 is 13.9 Å². The van der Waals surface area contributed by atoms with Crippen LogP contribution in [0.3, 0.4) is 0 Å². The van der Waals surface area contributed by atoms with Gasteiger partial charge in [0.15, 0.2) is 0 Å². The first kappa shape index (κ1) is 17.3. The Morgan fingerprint density at radius 2 is 2.14 bits per heavy atom. The van der Waals surface area contributed by atoms with Crippen molar-refractivity contribution >= 4 is 17.3 Å². The number of rotatable bonds is 8. The number of nitrogens with one attached hydrogen (secondary N) is 1. The molecule has 21 heavy (non-hydrogen) atoms. The Morgan fingerprint density at radius 1 is 1.43 bits per heavy atom. The van der Waals surface area contributed by atoms with Crippen LogP contribution < -0.4 is 11.1 Å². The molecule has 118 valence electrons. The lowest BCUT2D eigenvalue weighted by molar-refractivity contribution is 0.0602. The number of anilines is 2. The second-order valence-corrected chi connectivity index (χ2v) is 5.21. The van der Waals surface area contributed by atoms with Crippen LogP contribution in [0.15, 0.2) is 12.1 Å². The minimum atomic E-state index is -0.562. The lowest BCUT2D eigenvalue weighted by atomic mass is 9.99. The molecule has 1 rings (SSSR count). The molecule has 0 aliphatic heterocycles. The van der Waals surface area contributed by atoms with Crippen molar-refractivity contribution in [2.24, 2.45) is 5.92 Å². The van der Waals surface area contributed by atoms with Gasteiger partial charge in [-0.2, -0.15) is 0 Å². The van der Waals surface area contributed by atoms with E-state index >= 15 is 0 Å². The number of nitrogen functional groups attached to an aromatic ring is 1. The number of hydrogen-bond acceptors (Lipinski definition) is 4. The number of hydrogen-bond donors (Lipinski definition) is 2. The van der Waals surface area contributed by atoms with E-state index in [1.807, 2.05) is 0 Å². The zero-order valence-corrected chi connectivity index (χ0v) is 13.0. The van der Waals surface area contributed by atoms with E-state index in [1.54, 1.807) is 0 Å². The van der Waals surface area contributed by atoms with Gasteiger partial charge in [-0.25, -0.2) is 9.18 Å². The third-order valence-electron chi connectivity index (χ3n) is 3.67. The topological polar surface area (TPSA) is 64.3 Å². The van der Waals surface area contributed by atoms with Crippen LogP contribution in [0.4, 0.5) is 15.8 Å². The normalized spacial score (nSPS) is 12.0. The fourth-order valence-corrected chi connectivity index (χ4v) is 2.21. The van der Waals surface area contributed by atoms with E-state index in [9.17, 15) is 9.18 Å². The van der Waals surface area contributed by atoms with Crippen LogP contribution in [-0.2, 0) is 4.74 Å². The quantitative estimate of drug-likeness (QED) is 0.565. The lowest BCUT2D eigenvalue weighted by Gasteiger charge is -2.17. The molecule has 1 atom stereocenters. The first-order valence-corrected chi connectivity index (χ1v) is 7.44. The van der Waals surface area contributed by atoms with Gasteiger partial charge in [0.25, 0.3) is 0 Å². The molecule has 0 bridgehead atoms. The molecule has 0 spiro atoms. The summed E-state index contributed by atoms with van der Waals surface area (Å²) in [5.41, 5.74) is 6.21. The van der Waals surface area contributed by atoms with Crippen LogP contribution in [0.1, 0.15) is 49.9 Å². The van der Waals surface area contributed by atoms with E-state index in [4.69, 9.17) is 5.73 Å². The van der Waals surface area contributed by atoms with Gasteiger partial charge >= 0.3 is 5.97 Å². The molecule has 1 unspecified atom stereocenters. The number of benzene rings is 1. The van der Waals surface area contributed by atoms with E-state index in [1.165, 1.54) is 13.2 Å². The van der Waals surface area contributed by atoms with Crippen LogP contribution in [-0.4, -0.2) is 19.6 Å². The van der Waals surface area contributed by atoms with Crippen LogP contribution in [0, 0.1) is 11.7 Å². The van der Waals surface area contributed by atoms with Crippen LogP contribution in [0.5, 0.6) is 0 Å². The predicted molar refractivity (Wildman–Crippen MR) is 83.9 cm³/mol. The molecule has 3 N–H and O–H groups in total. The van der Waals surface area contributed by atoms with Crippen molar-refractivity contribution in [1.82, 2.24) is 0 Å². The number of esters is 1. The van der Waals surface area contributed by atoms with Gasteiger partial charge in [-0.3, -0.25) is 0 Å². The molecular weight excluding hydrogens is 271 g/mol. The third-order valence-corrected chi connectivity index (χ3v) is 3.67. The molecule has 1 aromatic carbocycles. The summed E-state index contributed by atoms with van der Waals surface area (Å²) in [6, 6.07) is 2.57. The molecule has 1 aromatic rings. The van der Waals surface area contributed by atoms with Gasteiger partial charge in [0, 0.05) is 12.2 Å². The second kappa shape index (κ2) is 8.49. The number of methoxy groups -OCH3 is 1. The fourth-order valence-electron chi connectivity index (χ4n) is 2.21. The number of carbonyl (C=O) groups excluding carboxylic acids is 1. The summed E-state index contributed by atoms with van der Waals surface area (Å²) >= 11 is 0. The zero-order chi connectivity index (χ0) is 15.8. The van der Waals surface area contributed by atoms with Crippen LogP contribution >= 0.6 is 0 Å². The highest BCUT2D eigenvalue weighted by atomic mass is 19.1. The minimum Gasteiger partial charge on any atom is -0.465 e. The van der Waals surface area contributed by atoms with Gasteiger partial charge in [-0.1, -0.05) is 33.1 Å². The molecule has 0 saturated heterocycles. The van der Waals surface area contributed by atoms with E-state index < -0.39 is 11.8 Å². The molecule has 0 saturated carbocycles. The Hall–Kier alpha value is -1.78. The highest BCUT2D eigenvalue weighted by molar-refractivity contribution is 5.96. The van der Waals surface area contributed by atoms with Crippen molar-refractivity contribution in [2.45, 2.75) is 39.5 Å². The zero-order valence-electron chi connectivity index (χ0n) is 13.0. The Kier molecular flexibility index (Phi) is 6.99. The molecule has 0 fully saturated rings. The molecule has 5 heteroatoms. The van der Waals surface area contributed by atoms with Crippen molar-refractivity contribution in [1.29, 1.82) is 0 Å². The minimum absolute atomic E-state index is 0.0860. The third kappa shape index (κ3) is 4.92. The Morgan fingerprint density at radius 3 is 2.71 bits per heavy atom. The van der Waals surface area contributed by atoms with Crippen LogP contribution in [0.25, 0.3) is 0 Å².